The fraction of sp³-hybridized carbons (Fsp3) is 0.615. The zero-order valence-corrected chi connectivity index (χ0v) is 11.7. The van der Waals surface area contributed by atoms with Crippen LogP contribution in [0.5, 0.6) is 0 Å². The zero-order chi connectivity index (χ0) is 13.5. The Bertz CT molecular complexity index is 386. The molecule has 100 valence electrons. The molecule has 0 spiro atoms. The highest BCUT2D eigenvalue weighted by molar-refractivity contribution is 5.92. The highest BCUT2D eigenvalue weighted by atomic mass is 16.2. The van der Waals surface area contributed by atoms with Gasteiger partial charge in [-0.25, -0.2) is 9.97 Å². The summed E-state index contributed by atoms with van der Waals surface area (Å²) >= 11 is 0. The lowest BCUT2D eigenvalue weighted by Gasteiger charge is -2.21. The maximum atomic E-state index is 12.2. The zero-order valence-electron chi connectivity index (χ0n) is 11.7. The highest BCUT2D eigenvalue weighted by Gasteiger charge is 2.15. The van der Waals surface area contributed by atoms with E-state index in [1.807, 2.05) is 13.8 Å². The third kappa shape index (κ3) is 3.18. The molecular weight excluding hydrogens is 228 g/mol. The fourth-order valence-corrected chi connectivity index (χ4v) is 1.86. The molecule has 0 bridgehead atoms. The largest absolute Gasteiger partial charge is 0.357 e. The molecule has 0 aliphatic carbocycles. The van der Waals surface area contributed by atoms with Crippen molar-refractivity contribution in [2.75, 3.05) is 31.1 Å². The van der Waals surface area contributed by atoms with Crippen LogP contribution in [0.25, 0.3) is 0 Å². The lowest BCUT2D eigenvalue weighted by molar-refractivity contribution is 0.0767. The van der Waals surface area contributed by atoms with E-state index in [0.29, 0.717) is 18.8 Å². The number of nitrogens with zero attached hydrogens (tertiary/aromatic N) is 4. The maximum absolute atomic E-state index is 12.2. The van der Waals surface area contributed by atoms with Crippen LogP contribution in [-0.2, 0) is 0 Å². The number of carbonyl (C=O) groups excluding carboxylic acids is 1. The summed E-state index contributed by atoms with van der Waals surface area (Å²) in [5.74, 6) is 0.779. The number of aromatic nitrogens is 2. The molecule has 0 saturated heterocycles. The van der Waals surface area contributed by atoms with Crippen LogP contribution >= 0.6 is 0 Å². The molecule has 0 saturated carbocycles. The molecule has 1 amide bonds. The number of amides is 1. The lowest BCUT2D eigenvalue weighted by atomic mass is 10.3. The first-order valence-electron chi connectivity index (χ1n) is 6.54. The van der Waals surface area contributed by atoms with E-state index in [-0.39, 0.29) is 5.91 Å². The smallest absolute Gasteiger partial charge is 0.272 e. The van der Waals surface area contributed by atoms with E-state index in [0.717, 1.165) is 18.9 Å². The normalized spacial score (nSPS) is 10.2. The van der Waals surface area contributed by atoms with E-state index in [9.17, 15) is 4.79 Å². The Hall–Kier alpha value is -1.65. The summed E-state index contributed by atoms with van der Waals surface area (Å²) in [6.45, 7) is 11.2. The van der Waals surface area contributed by atoms with Crippen molar-refractivity contribution in [1.82, 2.24) is 14.9 Å². The lowest BCUT2D eigenvalue weighted by Crippen LogP contribution is -2.31. The van der Waals surface area contributed by atoms with Gasteiger partial charge in [-0.1, -0.05) is 0 Å². The standard InChI is InChI=1S/C13H22N4O/c1-5-16(6-2)12-9-11(14-10-15-12)13(18)17(7-3)8-4/h9-10H,5-8H2,1-4H3. The van der Waals surface area contributed by atoms with E-state index in [1.165, 1.54) is 6.33 Å². The molecule has 18 heavy (non-hydrogen) atoms. The maximum Gasteiger partial charge on any atom is 0.272 e. The molecule has 0 fully saturated rings. The number of carbonyl (C=O) groups is 1. The van der Waals surface area contributed by atoms with Crippen molar-refractivity contribution in [2.24, 2.45) is 0 Å². The first-order chi connectivity index (χ1) is 8.67. The molecule has 1 aromatic heterocycles. The third-order valence-corrected chi connectivity index (χ3v) is 3.01. The van der Waals surface area contributed by atoms with Crippen molar-refractivity contribution in [2.45, 2.75) is 27.7 Å². The molecule has 1 rings (SSSR count). The van der Waals surface area contributed by atoms with Crippen LogP contribution in [0.15, 0.2) is 12.4 Å². The molecule has 5 nitrogen and oxygen atoms in total. The Morgan fingerprint density at radius 3 is 2.17 bits per heavy atom. The Labute approximate surface area is 109 Å². The van der Waals surface area contributed by atoms with Crippen LogP contribution in [0.3, 0.4) is 0 Å². The van der Waals surface area contributed by atoms with Crippen molar-refractivity contribution in [1.29, 1.82) is 0 Å². The topological polar surface area (TPSA) is 49.3 Å². The van der Waals surface area contributed by atoms with Gasteiger partial charge in [0.25, 0.3) is 5.91 Å². The van der Waals surface area contributed by atoms with Crippen LogP contribution in [0, 0.1) is 0 Å². The SMILES string of the molecule is CCN(CC)C(=O)c1cc(N(CC)CC)ncn1. The molecule has 0 unspecified atom stereocenters. The molecule has 0 aromatic carbocycles. The van der Waals surface area contributed by atoms with E-state index in [4.69, 9.17) is 0 Å². The van der Waals surface area contributed by atoms with Gasteiger partial charge in [-0.2, -0.15) is 0 Å². The summed E-state index contributed by atoms with van der Waals surface area (Å²) in [4.78, 5) is 24.3. The average Bonchev–Trinajstić information content (AvgIpc) is 2.42. The average molecular weight is 250 g/mol. The molecule has 0 radical (unpaired) electrons. The van der Waals surface area contributed by atoms with Crippen molar-refractivity contribution in [3.8, 4) is 0 Å². The highest BCUT2D eigenvalue weighted by Crippen LogP contribution is 2.11. The van der Waals surface area contributed by atoms with Gasteiger partial charge in [-0.15, -0.1) is 0 Å². The fourth-order valence-electron chi connectivity index (χ4n) is 1.86. The van der Waals surface area contributed by atoms with Crippen molar-refractivity contribution < 1.29 is 4.79 Å². The van der Waals surface area contributed by atoms with E-state index >= 15 is 0 Å². The predicted octanol–water partition coefficient (Wildman–Crippen LogP) is 1.80. The van der Waals surface area contributed by atoms with Crippen LogP contribution in [0.4, 0.5) is 5.82 Å². The van der Waals surface area contributed by atoms with Crippen molar-refractivity contribution in [3.05, 3.63) is 18.1 Å². The Morgan fingerprint density at radius 1 is 1.06 bits per heavy atom. The number of hydrogen-bond donors (Lipinski definition) is 0. The minimum absolute atomic E-state index is 0.0317. The second kappa shape index (κ2) is 6.93. The number of hydrogen-bond acceptors (Lipinski definition) is 4. The van der Waals surface area contributed by atoms with Crippen LogP contribution in [0.1, 0.15) is 38.2 Å². The van der Waals surface area contributed by atoms with Crippen LogP contribution in [0.2, 0.25) is 0 Å². The van der Waals surface area contributed by atoms with E-state index in [2.05, 4.69) is 28.7 Å². The quantitative estimate of drug-likeness (QED) is 0.772. The summed E-state index contributed by atoms with van der Waals surface area (Å²) in [5.41, 5.74) is 0.468. The van der Waals surface area contributed by atoms with E-state index in [1.54, 1.807) is 11.0 Å². The van der Waals surface area contributed by atoms with Crippen molar-refractivity contribution in [3.63, 3.8) is 0 Å². The summed E-state index contributed by atoms with van der Waals surface area (Å²) < 4.78 is 0. The summed E-state index contributed by atoms with van der Waals surface area (Å²) in [7, 11) is 0. The third-order valence-electron chi connectivity index (χ3n) is 3.01. The molecule has 1 heterocycles. The summed E-state index contributed by atoms with van der Waals surface area (Å²) in [6.07, 6.45) is 1.46. The molecule has 1 aromatic rings. The van der Waals surface area contributed by atoms with E-state index < -0.39 is 0 Å². The number of rotatable bonds is 6. The van der Waals surface area contributed by atoms with Gasteiger partial charge >= 0.3 is 0 Å². The summed E-state index contributed by atoms with van der Waals surface area (Å²) in [6, 6.07) is 1.77. The van der Waals surface area contributed by atoms with Crippen molar-refractivity contribution >= 4 is 11.7 Å². The van der Waals surface area contributed by atoms with Crippen LogP contribution < -0.4 is 4.90 Å². The predicted molar refractivity (Wildman–Crippen MR) is 72.8 cm³/mol. The van der Waals surface area contributed by atoms with Gasteiger partial charge in [0.15, 0.2) is 0 Å². The molecule has 0 atom stereocenters. The molecule has 0 aliphatic rings. The minimum Gasteiger partial charge on any atom is -0.357 e. The second-order valence-electron chi connectivity index (χ2n) is 3.91. The molecule has 0 aliphatic heterocycles. The monoisotopic (exact) mass is 250 g/mol. The number of anilines is 1. The van der Waals surface area contributed by atoms with Gasteiger partial charge in [0.05, 0.1) is 0 Å². The first-order valence-corrected chi connectivity index (χ1v) is 6.54. The van der Waals surface area contributed by atoms with Gasteiger partial charge in [0, 0.05) is 32.2 Å². The molecular formula is C13H22N4O. The van der Waals surface area contributed by atoms with Gasteiger partial charge in [-0.05, 0) is 27.7 Å². The van der Waals surface area contributed by atoms with Gasteiger partial charge in [-0.3, -0.25) is 4.79 Å². The Balaban J connectivity index is 2.97. The molecule has 5 heteroatoms. The second-order valence-corrected chi connectivity index (χ2v) is 3.91. The van der Waals surface area contributed by atoms with Gasteiger partial charge < -0.3 is 9.80 Å². The van der Waals surface area contributed by atoms with Gasteiger partial charge in [0.2, 0.25) is 0 Å². The first kappa shape index (κ1) is 14.4. The molecule has 0 N–H and O–H groups in total. The van der Waals surface area contributed by atoms with Crippen LogP contribution in [-0.4, -0.2) is 47.0 Å². The Kier molecular flexibility index (Phi) is 5.55. The van der Waals surface area contributed by atoms with Gasteiger partial charge in [0.1, 0.15) is 17.8 Å². The summed E-state index contributed by atoms with van der Waals surface area (Å²) in [5, 5.41) is 0. The minimum atomic E-state index is -0.0317. The Morgan fingerprint density at radius 2 is 1.67 bits per heavy atom.